The first-order chi connectivity index (χ1) is 16.1. The Labute approximate surface area is 197 Å². The van der Waals surface area contributed by atoms with Crippen LogP contribution in [0.5, 0.6) is 11.5 Å². The average molecular weight is 463 g/mol. The van der Waals surface area contributed by atoms with E-state index >= 15 is 0 Å². The van der Waals surface area contributed by atoms with Gasteiger partial charge in [-0.1, -0.05) is 36.4 Å². The minimum absolute atomic E-state index is 0.0439. The summed E-state index contributed by atoms with van der Waals surface area (Å²) in [6.07, 6.45) is 0.658. The second-order valence-corrected chi connectivity index (χ2v) is 8.65. The topological polar surface area (TPSA) is 67.9 Å². The van der Waals surface area contributed by atoms with Crippen molar-refractivity contribution in [3.63, 3.8) is 0 Å². The van der Waals surface area contributed by atoms with Gasteiger partial charge < -0.3 is 19.7 Å². The third-order valence-corrected chi connectivity index (χ3v) is 6.54. The Morgan fingerprint density at radius 1 is 0.970 bits per heavy atom. The van der Waals surface area contributed by atoms with Gasteiger partial charge in [0, 0.05) is 17.0 Å². The van der Waals surface area contributed by atoms with E-state index < -0.39 is 0 Å². The highest BCUT2D eigenvalue weighted by molar-refractivity contribution is 8.00. The summed E-state index contributed by atoms with van der Waals surface area (Å²) in [4.78, 5) is 28.3. The van der Waals surface area contributed by atoms with Crippen LogP contribution in [0.3, 0.4) is 0 Å². The van der Waals surface area contributed by atoms with Crippen LogP contribution in [0, 0.1) is 0 Å². The van der Waals surface area contributed by atoms with Gasteiger partial charge in [0.05, 0.1) is 32.2 Å². The molecule has 1 aliphatic heterocycles. The van der Waals surface area contributed by atoms with Gasteiger partial charge in [0.1, 0.15) is 0 Å². The molecule has 170 valence electrons. The number of methoxy groups -OCH3 is 2. The Morgan fingerprint density at radius 2 is 1.76 bits per heavy atom. The van der Waals surface area contributed by atoms with Crippen LogP contribution in [0.1, 0.15) is 21.5 Å². The number of ether oxygens (including phenoxy) is 2. The first-order valence-corrected chi connectivity index (χ1v) is 11.7. The molecule has 0 unspecified atom stereocenters. The van der Waals surface area contributed by atoms with Crippen LogP contribution >= 0.6 is 11.8 Å². The summed E-state index contributed by atoms with van der Waals surface area (Å²) in [7, 11) is 3.20. The zero-order chi connectivity index (χ0) is 23.2. The highest BCUT2D eigenvalue weighted by atomic mass is 32.2. The zero-order valence-electron chi connectivity index (χ0n) is 18.7. The molecule has 6 nitrogen and oxygen atoms in total. The molecule has 33 heavy (non-hydrogen) atoms. The maximum absolute atomic E-state index is 12.8. The number of hydrogen-bond donors (Lipinski definition) is 1. The van der Waals surface area contributed by atoms with Gasteiger partial charge in [-0.25, -0.2) is 0 Å². The smallest absolute Gasteiger partial charge is 0.251 e. The van der Waals surface area contributed by atoms with Gasteiger partial charge in [-0.15, -0.1) is 11.8 Å². The van der Waals surface area contributed by atoms with Gasteiger partial charge in [0.25, 0.3) is 5.91 Å². The number of benzene rings is 3. The first kappa shape index (κ1) is 22.7. The molecule has 1 heterocycles. The van der Waals surface area contributed by atoms with E-state index in [1.54, 1.807) is 19.1 Å². The van der Waals surface area contributed by atoms with Gasteiger partial charge in [-0.05, 0) is 47.9 Å². The standard InChI is InChI=1S/C26H26N2O4S/c1-31-22-10-8-18(14-23(22)32-2)12-13-27-26(30)20-9-11-24-21(15-20)28(25(29)17-33-24)16-19-6-4-3-5-7-19/h3-11,14-15H,12-13,16-17H2,1-2H3,(H,27,30). The Bertz CT molecular complexity index is 1150. The molecule has 3 aromatic rings. The van der Waals surface area contributed by atoms with Crippen molar-refractivity contribution in [2.45, 2.75) is 17.9 Å². The summed E-state index contributed by atoms with van der Waals surface area (Å²) < 4.78 is 10.6. The highest BCUT2D eigenvalue weighted by Gasteiger charge is 2.26. The van der Waals surface area contributed by atoms with Gasteiger partial charge in [0.2, 0.25) is 5.91 Å². The predicted octanol–water partition coefficient (Wildman–Crippen LogP) is 4.32. The maximum Gasteiger partial charge on any atom is 0.251 e. The van der Waals surface area contributed by atoms with Gasteiger partial charge in [-0.3, -0.25) is 9.59 Å². The van der Waals surface area contributed by atoms with Crippen molar-refractivity contribution in [2.24, 2.45) is 0 Å². The molecule has 0 radical (unpaired) electrons. The third kappa shape index (κ3) is 5.31. The molecule has 0 saturated heterocycles. The molecule has 1 aliphatic rings. The predicted molar refractivity (Wildman–Crippen MR) is 130 cm³/mol. The largest absolute Gasteiger partial charge is 0.493 e. The molecule has 7 heteroatoms. The Morgan fingerprint density at radius 3 is 2.52 bits per heavy atom. The van der Waals surface area contributed by atoms with E-state index in [9.17, 15) is 9.59 Å². The lowest BCUT2D eigenvalue weighted by Gasteiger charge is -2.29. The number of amides is 2. The normalized spacial score (nSPS) is 12.8. The van der Waals surface area contributed by atoms with Crippen LogP contribution in [-0.4, -0.2) is 38.3 Å². The lowest BCUT2D eigenvalue weighted by molar-refractivity contribution is -0.116. The quantitative estimate of drug-likeness (QED) is 0.540. The summed E-state index contributed by atoms with van der Waals surface area (Å²) in [5, 5.41) is 2.97. The molecule has 0 spiro atoms. The molecule has 0 atom stereocenters. The van der Waals surface area contributed by atoms with Crippen LogP contribution in [0.15, 0.2) is 71.6 Å². The van der Waals surface area contributed by atoms with Crippen molar-refractivity contribution < 1.29 is 19.1 Å². The van der Waals surface area contributed by atoms with Gasteiger partial charge in [-0.2, -0.15) is 0 Å². The van der Waals surface area contributed by atoms with E-state index in [1.807, 2.05) is 66.7 Å². The number of carbonyl (C=O) groups excluding carboxylic acids is 2. The molecule has 3 aromatic carbocycles. The van der Waals surface area contributed by atoms with E-state index in [-0.39, 0.29) is 11.8 Å². The van der Waals surface area contributed by atoms with Crippen molar-refractivity contribution in [2.75, 3.05) is 31.4 Å². The molecule has 2 amide bonds. The average Bonchev–Trinajstić information content (AvgIpc) is 2.86. The monoisotopic (exact) mass is 462 g/mol. The van der Waals surface area contributed by atoms with E-state index in [2.05, 4.69) is 5.32 Å². The number of anilines is 1. The van der Waals surface area contributed by atoms with Crippen molar-refractivity contribution in [1.29, 1.82) is 0 Å². The molecule has 0 aliphatic carbocycles. The second kappa shape index (κ2) is 10.4. The van der Waals surface area contributed by atoms with Crippen molar-refractivity contribution in [1.82, 2.24) is 5.32 Å². The van der Waals surface area contributed by atoms with Crippen LogP contribution in [0.4, 0.5) is 5.69 Å². The molecule has 0 bridgehead atoms. The summed E-state index contributed by atoms with van der Waals surface area (Å²) in [5.74, 6) is 1.61. The molecular formula is C26H26N2O4S. The number of nitrogens with zero attached hydrogens (tertiary/aromatic N) is 1. The molecule has 1 N–H and O–H groups in total. The van der Waals surface area contributed by atoms with Gasteiger partial charge >= 0.3 is 0 Å². The number of fused-ring (bicyclic) bond motifs is 1. The number of thioether (sulfide) groups is 1. The van der Waals surface area contributed by atoms with Crippen LogP contribution in [0.25, 0.3) is 0 Å². The van der Waals surface area contributed by atoms with Crippen LogP contribution in [-0.2, 0) is 17.8 Å². The van der Waals surface area contributed by atoms with E-state index in [0.717, 1.165) is 21.7 Å². The molecular weight excluding hydrogens is 436 g/mol. The molecule has 0 fully saturated rings. The summed E-state index contributed by atoms with van der Waals surface area (Å²) in [6, 6.07) is 21.1. The first-order valence-electron chi connectivity index (χ1n) is 10.7. The minimum atomic E-state index is -0.166. The number of nitrogens with one attached hydrogen (secondary N) is 1. The molecule has 4 rings (SSSR count). The van der Waals surface area contributed by atoms with E-state index in [4.69, 9.17) is 9.47 Å². The fourth-order valence-electron chi connectivity index (χ4n) is 3.74. The lowest BCUT2D eigenvalue weighted by Crippen LogP contribution is -2.35. The lowest BCUT2D eigenvalue weighted by atomic mass is 10.1. The fraction of sp³-hybridized carbons (Fsp3) is 0.231. The fourth-order valence-corrected chi connectivity index (χ4v) is 4.66. The SMILES string of the molecule is COc1ccc(CCNC(=O)c2ccc3c(c2)N(Cc2ccccc2)C(=O)CS3)cc1OC. The Balaban J connectivity index is 1.44. The van der Waals surface area contributed by atoms with E-state index in [1.165, 1.54) is 11.8 Å². The summed E-state index contributed by atoms with van der Waals surface area (Å²) in [6.45, 7) is 0.963. The van der Waals surface area contributed by atoms with Crippen molar-refractivity contribution in [3.05, 3.63) is 83.4 Å². The number of carbonyl (C=O) groups is 2. The highest BCUT2D eigenvalue weighted by Crippen LogP contribution is 2.37. The van der Waals surface area contributed by atoms with Crippen LogP contribution in [0.2, 0.25) is 0 Å². The second-order valence-electron chi connectivity index (χ2n) is 7.63. The van der Waals surface area contributed by atoms with Crippen LogP contribution < -0.4 is 19.7 Å². The Kier molecular flexibility index (Phi) is 7.19. The zero-order valence-corrected chi connectivity index (χ0v) is 19.5. The maximum atomic E-state index is 12.8. The summed E-state index contributed by atoms with van der Waals surface area (Å²) >= 11 is 1.51. The van der Waals surface area contributed by atoms with Gasteiger partial charge in [0.15, 0.2) is 11.5 Å². The minimum Gasteiger partial charge on any atom is -0.493 e. The molecule has 0 aromatic heterocycles. The third-order valence-electron chi connectivity index (χ3n) is 5.49. The number of hydrogen-bond acceptors (Lipinski definition) is 5. The summed E-state index contributed by atoms with van der Waals surface area (Å²) in [5.41, 5.74) is 3.41. The van der Waals surface area contributed by atoms with Crippen molar-refractivity contribution in [3.8, 4) is 11.5 Å². The Hall–Kier alpha value is -3.45. The van der Waals surface area contributed by atoms with E-state index in [0.29, 0.717) is 42.3 Å². The van der Waals surface area contributed by atoms with Crippen molar-refractivity contribution >= 4 is 29.3 Å². The molecule has 0 saturated carbocycles. The number of rotatable bonds is 8.